The van der Waals surface area contributed by atoms with Gasteiger partial charge < -0.3 is 10.2 Å². The largest absolute Gasteiger partial charge is 0.322 e. The van der Waals surface area contributed by atoms with Crippen molar-refractivity contribution in [2.75, 3.05) is 28.3 Å². The van der Waals surface area contributed by atoms with E-state index in [-0.39, 0.29) is 17.5 Å². The van der Waals surface area contributed by atoms with Crippen molar-refractivity contribution in [1.82, 2.24) is 0 Å². The minimum Gasteiger partial charge on any atom is -0.322 e. The molecule has 2 amide bonds. The quantitative estimate of drug-likeness (QED) is 0.807. The summed E-state index contributed by atoms with van der Waals surface area (Å²) in [6.07, 6.45) is 1.19. The van der Waals surface area contributed by atoms with Gasteiger partial charge in [0.1, 0.15) is 5.82 Å². The molecule has 27 heavy (non-hydrogen) atoms. The lowest BCUT2D eigenvalue weighted by molar-refractivity contribution is -0.117. The standard InChI is InChI=1S/C20H19FN2O2S2/c21-16-12-15(7-8-17(16)23-9-1-2-18(23)24)22-19(25)13-3-5-14(6-4-13)20-26-10-11-27-20/h3-8,12,20H,1-2,9-11H2,(H,22,25). The average molecular weight is 403 g/mol. The highest BCUT2D eigenvalue weighted by Crippen LogP contribution is 2.45. The summed E-state index contributed by atoms with van der Waals surface area (Å²) >= 11 is 3.84. The molecule has 0 atom stereocenters. The summed E-state index contributed by atoms with van der Waals surface area (Å²) in [5, 5.41) is 2.72. The number of halogens is 1. The number of anilines is 2. The minimum absolute atomic E-state index is 0.0654. The topological polar surface area (TPSA) is 49.4 Å². The van der Waals surface area contributed by atoms with Crippen molar-refractivity contribution in [3.63, 3.8) is 0 Å². The highest BCUT2D eigenvalue weighted by Gasteiger charge is 2.24. The van der Waals surface area contributed by atoms with Crippen LogP contribution in [0.3, 0.4) is 0 Å². The number of carbonyl (C=O) groups excluding carboxylic acids is 2. The summed E-state index contributed by atoms with van der Waals surface area (Å²) in [5.41, 5.74) is 2.39. The van der Waals surface area contributed by atoms with E-state index in [4.69, 9.17) is 0 Å². The maximum atomic E-state index is 14.4. The second kappa shape index (κ2) is 7.94. The molecule has 2 aromatic rings. The Hall–Kier alpha value is -1.99. The maximum absolute atomic E-state index is 14.4. The van der Waals surface area contributed by atoms with Gasteiger partial charge in [-0.25, -0.2) is 4.39 Å². The van der Waals surface area contributed by atoms with E-state index in [0.29, 0.717) is 28.8 Å². The van der Waals surface area contributed by atoms with Crippen LogP contribution in [0.15, 0.2) is 42.5 Å². The fourth-order valence-electron chi connectivity index (χ4n) is 3.25. The number of nitrogens with one attached hydrogen (secondary N) is 1. The van der Waals surface area contributed by atoms with Crippen LogP contribution in [0.5, 0.6) is 0 Å². The first-order valence-corrected chi connectivity index (χ1v) is 11.0. The first-order chi connectivity index (χ1) is 13.1. The number of thioether (sulfide) groups is 2. The Kier molecular flexibility index (Phi) is 5.41. The Morgan fingerprint density at radius 1 is 1.11 bits per heavy atom. The van der Waals surface area contributed by atoms with Crippen molar-refractivity contribution in [3.8, 4) is 0 Å². The third-order valence-corrected chi connectivity index (χ3v) is 7.74. The molecule has 0 spiro atoms. The predicted molar refractivity (Wildman–Crippen MR) is 110 cm³/mol. The molecule has 2 heterocycles. The first kappa shape index (κ1) is 18.4. The average Bonchev–Trinajstić information content (AvgIpc) is 3.34. The Morgan fingerprint density at radius 2 is 1.85 bits per heavy atom. The number of carbonyl (C=O) groups is 2. The zero-order valence-electron chi connectivity index (χ0n) is 14.6. The van der Waals surface area contributed by atoms with E-state index >= 15 is 0 Å². The molecule has 2 fully saturated rings. The van der Waals surface area contributed by atoms with Gasteiger partial charge in [-0.1, -0.05) is 12.1 Å². The fourth-order valence-corrected chi connectivity index (χ4v) is 6.11. The van der Waals surface area contributed by atoms with Gasteiger partial charge in [-0.2, -0.15) is 0 Å². The van der Waals surface area contributed by atoms with Crippen molar-refractivity contribution >= 4 is 46.7 Å². The lowest BCUT2D eigenvalue weighted by Gasteiger charge is -2.17. The van der Waals surface area contributed by atoms with E-state index in [0.717, 1.165) is 17.9 Å². The van der Waals surface area contributed by atoms with Gasteiger partial charge in [-0.3, -0.25) is 9.59 Å². The Balaban J connectivity index is 1.44. The van der Waals surface area contributed by atoms with Crippen LogP contribution in [0, 0.1) is 5.82 Å². The molecule has 1 N–H and O–H groups in total. The van der Waals surface area contributed by atoms with E-state index in [9.17, 15) is 14.0 Å². The van der Waals surface area contributed by atoms with Gasteiger partial charge >= 0.3 is 0 Å². The molecule has 4 nitrogen and oxygen atoms in total. The van der Waals surface area contributed by atoms with Crippen LogP contribution in [-0.4, -0.2) is 29.9 Å². The second-order valence-corrected chi connectivity index (χ2v) is 9.19. The smallest absolute Gasteiger partial charge is 0.255 e. The Labute approximate surface area is 165 Å². The number of nitrogens with zero attached hydrogens (tertiary/aromatic N) is 1. The third-order valence-electron chi connectivity index (χ3n) is 4.64. The SMILES string of the molecule is O=C(Nc1ccc(N2CCCC2=O)c(F)c1)c1ccc(C2SCCS2)cc1. The molecule has 2 aliphatic heterocycles. The van der Waals surface area contributed by atoms with E-state index < -0.39 is 5.82 Å². The summed E-state index contributed by atoms with van der Waals surface area (Å²) in [6, 6.07) is 12.0. The van der Waals surface area contributed by atoms with Gasteiger partial charge in [0.15, 0.2) is 0 Å². The number of amides is 2. The molecule has 140 valence electrons. The fraction of sp³-hybridized carbons (Fsp3) is 0.300. The number of hydrogen-bond acceptors (Lipinski definition) is 4. The Morgan fingerprint density at radius 3 is 2.48 bits per heavy atom. The Bertz CT molecular complexity index is 867. The zero-order valence-corrected chi connectivity index (χ0v) is 16.2. The first-order valence-electron chi connectivity index (χ1n) is 8.86. The van der Waals surface area contributed by atoms with Crippen LogP contribution < -0.4 is 10.2 Å². The van der Waals surface area contributed by atoms with Crippen molar-refractivity contribution in [2.24, 2.45) is 0 Å². The van der Waals surface area contributed by atoms with E-state index in [1.165, 1.54) is 16.5 Å². The molecule has 0 unspecified atom stereocenters. The van der Waals surface area contributed by atoms with Crippen LogP contribution in [0.1, 0.15) is 33.3 Å². The zero-order chi connectivity index (χ0) is 18.8. The predicted octanol–water partition coefficient (Wildman–Crippen LogP) is 4.68. The van der Waals surface area contributed by atoms with Crippen molar-refractivity contribution in [3.05, 3.63) is 59.4 Å². The lowest BCUT2D eigenvalue weighted by Crippen LogP contribution is -2.24. The van der Waals surface area contributed by atoms with Gasteiger partial charge in [0.2, 0.25) is 5.91 Å². The number of hydrogen-bond donors (Lipinski definition) is 1. The van der Waals surface area contributed by atoms with Gasteiger partial charge in [0.05, 0.1) is 10.3 Å². The molecule has 7 heteroatoms. The van der Waals surface area contributed by atoms with Crippen LogP contribution >= 0.6 is 23.5 Å². The minimum atomic E-state index is -0.506. The molecular formula is C20H19FN2O2S2. The van der Waals surface area contributed by atoms with Crippen molar-refractivity contribution in [2.45, 2.75) is 17.4 Å². The highest BCUT2D eigenvalue weighted by atomic mass is 32.2. The second-order valence-electron chi connectivity index (χ2n) is 6.46. The molecule has 2 saturated heterocycles. The van der Waals surface area contributed by atoms with Gasteiger partial charge in [-0.15, -0.1) is 23.5 Å². The van der Waals surface area contributed by atoms with E-state index in [1.807, 2.05) is 35.7 Å². The normalized spacial score (nSPS) is 17.5. The van der Waals surface area contributed by atoms with Crippen LogP contribution in [0.4, 0.5) is 15.8 Å². The molecular weight excluding hydrogens is 383 g/mol. The molecule has 0 bridgehead atoms. The molecule has 0 radical (unpaired) electrons. The molecule has 2 aliphatic rings. The highest BCUT2D eigenvalue weighted by molar-refractivity contribution is 8.19. The number of rotatable bonds is 4. The summed E-state index contributed by atoms with van der Waals surface area (Å²) in [4.78, 5) is 25.7. The van der Waals surface area contributed by atoms with Gasteiger partial charge in [0, 0.05) is 35.7 Å². The molecule has 0 aromatic heterocycles. The van der Waals surface area contributed by atoms with E-state index in [2.05, 4.69) is 5.32 Å². The summed E-state index contributed by atoms with van der Waals surface area (Å²) in [7, 11) is 0. The molecule has 4 rings (SSSR count). The van der Waals surface area contributed by atoms with Gasteiger partial charge in [-0.05, 0) is 42.3 Å². The summed E-state index contributed by atoms with van der Waals surface area (Å²) < 4.78 is 14.8. The maximum Gasteiger partial charge on any atom is 0.255 e. The third kappa shape index (κ3) is 3.99. The molecule has 0 saturated carbocycles. The van der Waals surface area contributed by atoms with E-state index in [1.54, 1.807) is 24.3 Å². The van der Waals surface area contributed by atoms with Crippen LogP contribution in [-0.2, 0) is 4.79 Å². The lowest BCUT2D eigenvalue weighted by atomic mass is 10.1. The van der Waals surface area contributed by atoms with Crippen molar-refractivity contribution in [1.29, 1.82) is 0 Å². The monoisotopic (exact) mass is 402 g/mol. The molecule has 2 aromatic carbocycles. The summed E-state index contributed by atoms with van der Waals surface area (Å²) in [6.45, 7) is 0.533. The van der Waals surface area contributed by atoms with Crippen molar-refractivity contribution < 1.29 is 14.0 Å². The van der Waals surface area contributed by atoms with Crippen LogP contribution in [0.2, 0.25) is 0 Å². The number of benzene rings is 2. The summed E-state index contributed by atoms with van der Waals surface area (Å²) in [5.74, 6) is 1.46. The van der Waals surface area contributed by atoms with Crippen LogP contribution in [0.25, 0.3) is 0 Å². The van der Waals surface area contributed by atoms with Gasteiger partial charge in [0.25, 0.3) is 5.91 Å². The molecule has 0 aliphatic carbocycles.